The van der Waals surface area contributed by atoms with Crippen LogP contribution in [0.4, 0.5) is 5.69 Å². The van der Waals surface area contributed by atoms with Gasteiger partial charge in [-0.1, -0.05) is 140 Å². The van der Waals surface area contributed by atoms with Gasteiger partial charge in [-0.25, -0.2) is 0 Å². The number of fused-ring (bicyclic) bond motifs is 1. The fraction of sp³-hybridized carbons (Fsp3) is 0.268. The van der Waals surface area contributed by atoms with Crippen molar-refractivity contribution in [2.75, 3.05) is 11.4 Å². The van der Waals surface area contributed by atoms with Crippen molar-refractivity contribution in [2.24, 2.45) is 17.8 Å². The summed E-state index contributed by atoms with van der Waals surface area (Å²) in [6.45, 7) is 0.939. The molecule has 4 bridgehead atoms. The van der Waals surface area contributed by atoms with E-state index in [1.54, 1.807) is 0 Å². The summed E-state index contributed by atoms with van der Waals surface area (Å²) >= 11 is 0. The van der Waals surface area contributed by atoms with Crippen molar-refractivity contribution in [2.45, 2.75) is 44.1 Å². The lowest BCUT2D eigenvalue weighted by molar-refractivity contribution is -0.00315. The molecule has 4 aliphatic rings. The highest BCUT2D eigenvalue weighted by Crippen LogP contribution is 2.59. The van der Waals surface area contributed by atoms with Crippen molar-refractivity contribution in [3.63, 3.8) is 0 Å². The third kappa shape index (κ3) is 5.13. The lowest BCUT2D eigenvalue weighted by Crippen LogP contribution is -2.61. The van der Waals surface area contributed by atoms with E-state index in [1.165, 1.54) is 76.5 Å². The minimum absolute atomic E-state index is 0.225. The minimum Gasteiger partial charge on any atom is -0.361 e. The van der Waals surface area contributed by atoms with Gasteiger partial charge in [0, 0.05) is 22.8 Å². The average Bonchev–Trinajstić information content (AvgIpc) is 3.04. The van der Waals surface area contributed by atoms with E-state index in [2.05, 4.69) is 144 Å². The number of anilines is 1. The second-order valence-corrected chi connectivity index (χ2v) is 15.4. The zero-order valence-corrected chi connectivity index (χ0v) is 25.7. The Morgan fingerprint density at radius 1 is 0.605 bits per heavy atom. The van der Waals surface area contributed by atoms with Gasteiger partial charge in [0.2, 0.25) is 0 Å². The predicted octanol–water partition coefficient (Wildman–Crippen LogP) is 9.09. The molecule has 0 unspecified atom stereocenters. The van der Waals surface area contributed by atoms with Gasteiger partial charge in [0.15, 0.2) is 0 Å². The molecule has 43 heavy (non-hydrogen) atoms. The highest BCUT2D eigenvalue weighted by molar-refractivity contribution is 7.80. The Morgan fingerprint density at radius 3 is 1.74 bits per heavy atom. The quantitative estimate of drug-likeness (QED) is 0.166. The average molecular weight is 578 g/mol. The smallest absolute Gasteiger partial charge is 0.0538 e. The summed E-state index contributed by atoms with van der Waals surface area (Å²) in [5.41, 5.74) is 2.99. The SMILES string of the molecule is C(=C\c1ccccc1)/CN(c1c(P(c2ccccc2)c2ccccc2)ccc2ccccc12)C12CC3CC(CC(C3)C1)C2. The third-order valence-electron chi connectivity index (χ3n) is 10.4. The van der Waals surface area contributed by atoms with Crippen LogP contribution >= 0.6 is 7.92 Å². The maximum Gasteiger partial charge on any atom is 0.0538 e. The third-order valence-corrected chi connectivity index (χ3v) is 12.9. The van der Waals surface area contributed by atoms with Crippen LogP contribution in [0.3, 0.4) is 0 Å². The van der Waals surface area contributed by atoms with Crippen LogP contribution in [0.5, 0.6) is 0 Å². The van der Waals surface area contributed by atoms with E-state index in [1.807, 2.05) is 0 Å². The zero-order valence-electron chi connectivity index (χ0n) is 24.9. The molecule has 0 spiro atoms. The Morgan fingerprint density at radius 2 is 1.14 bits per heavy atom. The van der Waals surface area contributed by atoms with Crippen LogP contribution in [0.25, 0.3) is 16.8 Å². The molecule has 0 atom stereocenters. The fourth-order valence-corrected chi connectivity index (χ4v) is 11.5. The molecule has 0 heterocycles. The summed E-state index contributed by atoms with van der Waals surface area (Å²) in [7, 11) is -0.738. The van der Waals surface area contributed by atoms with E-state index >= 15 is 0 Å². The molecule has 4 fully saturated rings. The number of benzene rings is 5. The van der Waals surface area contributed by atoms with Gasteiger partial charge >= 0.3 is 0 Å². The first-order valence-electron chi connectivity index (χ1n) is 16.2. The first kappa shape index (κ1) is 26.9. The Hall–Kier alpha value is -3.67. The minimum atomic E-state index is -0.738. The summed E-state index contributed by atoms with van der Waals surface area (Å²) in [4.78, 5) is 2.94. The van der Waals surface area contributed by atoms with Crippen LogP contribution in [0.15, 0.2) is 133 Å². The van der Waals surface area contributed by atoms with Crippen LogP contribution in [0, 0.1) is 17.8 Å². The lowest BCUT2D eigenvalue weighted by Gasteiger charge is -2.61. The maximum atomic E-state index is 2.94. The Kier molecular flexibility index (Phi) is 7.16. The van der Waals surface area contributed by atoms with Gasteiger partial charge in [-0.2, -0.15) is 0 Å². The fourth-order valence-electron chi connectivity index (χ4n) is 9.07. The van der Waals surface area contributed by atoms with Crippen LogP contribution in [-0.2, 0) is 0 Å². The van der Waals surface area contributed by atoms with Gasteiger partial charge in [-0.05, 0) is 85.8 Å². The van der Waals surface area contributed by atoms with Crippen LogP contribution in [-0.4, -0.2) is 12.1 Å². The second kappa shape index (κ2) is 11.4. The number of rotatable bonds is 8. The molecule has 9 rings (SSSR count). The summed E-state index contributed by atoms with van der Waals surface area (Å²) in [5.74, 6) is 2.65. The molecule has 4 aliphatic carbocycles. The normalized spacial score (nSPS) is 24.3. The predicted molar refractivity (Wildman–Crippen MR) is 186 cm³/mol. The Balaban J connectivity index is 1.35. The molecule has 0 aliphatic heterocycles. The summed E-state index contributed by atoms with van der Waals surface area (Å²) in [6, 6.07) is 47.4. The molecule has 0 radical (unpaired) electrons. The van der Waals surface area contributed by atoms with Gasteiger partial charge in [0.05, 0.1) is 5.69 Å². The summed E-state index contributed by atoms with van der Waals surface area (Å²) in [6.07, 6.45) is 13.2. The molecule has 0 aromatic heterocycles. The largest absolute Gasteiger partial charge is 0.361 e. The number of hydrogen-bond acceptors (Lipinski definition) is 1. The van der Waals surface area contributed by atoms with Crippen molar-refractivity contribution in [3.8, 4) is 0 Å². The molecule has 5 aromatic carbocycles. The Labute approximate surface area is 258 Å². The van der Waals surface area contributed by atoms with Gasteiger partial charge in [-0.3, -0.25) is 0 Å². The van der Waals surface area contributed by atoms with Crippen molar-refractivity contribution < 1.29 is 0 Å². The highest BCUT2D eigenvalue weighted by atomic mass is 31.1. The maximum absolute atomic E-state index is 2.94. The molecule has 2 heteroatoms. The van der Waals surface area contributed by atoms with Crippen LogP contribution in [0.1, 0.15) is 44.1 Å². The first-order valence-corrected chi connectivity index (χ1v) is 17.5. The highest BCUT2D eigenvalue weighted by Gasteiger charge is 2.54. The molecule has 0 N–H and O–H groups in total. The van der Waals surface area contributed by atoms with E-state index in [-0.39, 0.29) is 5.54 Å². The summed E-state index contributed by atoms with van der Waals surface area (Å²) in [5, 5.41) is 7.09. The molecular weight excluding hydrogens is 537 g/mol. The van der Waals surface area contributed by atoms with E-state index in [0.717, 1.165) is 24.3 Å². The molecule has 0 saturated heterocycles. The van der Waals surface area contributed by atoms with Gasteiger partial charge in [-0.15, -0.1) is 0 Å². The zero-order chi connectivity index (χ0) is 28.6. The lowest BCUT2D eigenvalue weighted by atomic mass is 9.52. The van der Waals surface area contributed by atoms with Crippen molar-refractivity contribution >= 4 is 46.4 Å². The van der Waals surface area contributed by atoms with Gasteiger partial charge in [0.1, 0.15) is 0 Å². The molecule has 214 valence electrons. The van der Waals surface area contributed by atoms with Crippen LogP contribution < -0.4 is 20.8 Å². The second-order valence-electron chi connectivity index (χ2n) is 13.2. The molecule has 0 amide bonds. The number of nitrogens with zero attached hydrogens (tertiary/aromatic N) is 1. The molecule has 5 aromatic rings. The van der Waals surface area contributed by atoms with E-state index < -0.39 is 7.92 Å². The topological polar surface area (TPSA) is 3.24 Å². The molecular formula is C41H40NP. The van der Waals surface area contributed by atoms with Gasteiger partial charge in [0.25, 0.3) is 0 Å². The van der Waals surface area contributed by atoms with Crippen molar-refractivity contribution in [1.29, 1.82) is 0 Å². The van der Waals surface area contributed by atoms with E-state index in [0.29, 0.717) is 0 Å². The monoisotopic (exact) mass is 577 g/mol. The van der Waals surface area contributed by atoms with Crippen LogP contribution in [0.2, 0.25) is 0 Å². The Bertz CT molecular complexity index is 1650. The summed E-state index contributed by atoms with van der Waals surface area (Å²) < 4.78 is 0. The van der Waals surface area contributed by atoms with Crippen molar-refractivity contribution in [3.05, 3.63) is 139 Å². The molecule has 1 nitrogen and oxygen atoms in total. The van der Waals surface area contributed by atoms with E-state index in [4.69, 9.17) is 0 Å². The van der Waals surface area contributed by atoms with E-state index in [9.17, 15) is 0 Å². The standard InChI is InChI=1S/C41H40NP/c1-4-13-31(14-5-1)15-12-24-42(41-28-32-25-33(29-41)27-34(26-32)30-41)40-38-21-11-10-16-35(38)22-23-39(40)43(36-17-6-2-7-18-36)37-19-8-3-9-20-37/h1-23,32-34H,24-30H2/b15-12+. The first-order chi connectivity index (χ1) is 21.3. The molecule has 4 saturated carbocycles. The van der Waals surface area contributed by atoms with Gasteiger partial charge < -0.3 is 4.90 Å². The van der Waals surface area contributed by atoms with Crippen molar-refractivity contribution in [1.82, 2.24) is 0 Å². The number of hydrogen-bond donors (Lipinski definition) is 0.